The van der Waals surface area contributed by atoms with Crippen LogP contribution in [0.1, 0.15) is 39.0 Å². The summed E-state index contributed by atoms with van der Waals surface area (Å²) in [7, 11) is 0. The molecule has 0 spiro atoms. The van der Waals surface area contributed by atoms with Crippen LogP contribution in [0.2, 0.25) is 0 Å². The second-order valence-electron chi connectivity index (χ2n) is 5.79. The van der Waals surface area contributed by atoms with Crippen LogP contribution in [-0.4, -0.2) is 49.6 Å². The van der Waals surface area contributed by atoms with Crippen LogP contribution in [0.3, 0.4) is 0 Å². The Bertz CT molecular complexity index is 260. The van der Waals surface area contributed by atoms with E-state index in [1.54, 1.807) is 0 Å². The molecule has 1 heterocycles. The Hall–Kier alpha value is -0.610. The molecule has 0 radical (unpaired) electrons. The van der Waals surface area contributed by atoms with Crippen molar-refractivity contribution < 1.29 is 4.79 Å². The Morgan fingerprint density at radius 1 is 1.39 bits per heavy atom. The van der Waals surface area contributed by atoms with Crippen LogP contribution in [-0.2, 0) is 4.79 Å². The molecule has 0 aromatic heterocycles. The Morgan fingerprint density at radius 3 is 2.83 bits per heavy atom. The van der Waals surface area contributed by atoms with E-state index in [1.807, 2.05) is 0 Å². The highest BCUT2D eigenvalue weighted by molar-refractivity contribution is 5.78. The summed E-state index contributed by atoms with van der Waals surface area (Å²) in [6, 6.07) is 0.484. The van der Waals surface area contributed by atoms with Gasteiger partial charge >= 0.3 is 0 Å². The van der Waals surface area contributed by atoms with Gasteiger partial charge < -0.3 is 10.6 Å². The summed E-state index contributed by atoms with van der Waals surface area (Å²) in [5.74, 6) is 0.939. The number of piperidine rings is 1. The van der Waals surface area contributed by atoms with E-state index < -0.39 is 0 Å². The Kier molecular flexibility index (Phi) is 5.45. The van der Waals surface area contributed by atoms with Crippen molar-refractivity contribution in [2.75, 3.05) is 32.7 Å². The molecule has 2 rings (SSSR count). The van der Waals surface area contributed by atoms with Crippen molar-refractivity contribution >= 4 is 5.91 Å². The maximum atomic E-state index is 11.9. The summed E-state index contributed by atoms with van der Waals surface area (Å²) in [5, 5.41) is 6.53. The van der Waals surface area contributed by atoms with Crippen LogP contribution in [0.15, 0.2) is 0 Å². The first-order valence-corrected chi connectivity index (χ1v) is 7.50. The normalized spacial score (nSPS) is 24.2. The van der Waals surface area contributed by atoms with Gasteiger partial charge in [0, 0.05) is 12.6 Å². The molecular formula is C14H27N3O. The standard InChI is InChI=1S/C14H27N3O/c1-2-8-17(10-12-4-3-7-15-9-12)11-14(18)16-13-5-6-13/h12-13,15H,2-11H2,1H3,(H,16,18). The topological polar surface area (TPSA) is 44.4 Å². The molecule has 1 amide bonds. The number of amides is 1. The van der Waals surface area contributed by atoms with Crippen LogP contribution in [0.4, 0.5) is 0 Å². The number of rotatable bonds is 7. The lowest BCUT2D eigenvalue weighted by molar-refractivity contribution is -0.122. The first-order chi connectivity index (χ1) is 8.78. The lowest BCUT2D eigenvalue weighted by Crippen LogP contribution is -2.43. The van der Waals surface area contributed by atoms with E-state index in [0.29, 0.717) is 12.6 Å². The van der Waals surface area contributed by atoms with Crippen molar-refractivity contribution in [2.45, 2.75) is 45.1 Å². The SMILES string of the molecule is CCCN(CC(=O)NC1CC1)CC1CCCNC1. The molecule has 104 valence electrons. The van der Waals surface area contributed by atoms with Gasteiger partial charge in [0.15, 0.2) is 0 Å². The average molecular weight is 253 g/mol. The minimum absolute atomic E-state index is 0.217. The van der Waals surface area contributed by atoms with Crippen molar-refractivity contribution in [3.63, 3.8) is 0 Å². The van der Waals surface area contributed by atoms with Crippen molar-refractivity contribution in [1.82, 2.24) is 15.5 Å². The highest BCUT2D eigenvalue weighted by Crippen LogP contribution is 2.18. The molecule has 1 unspecified atom stereocenters. The van der Waals surface area contributed by atoms with Crippen LogP contribution in [0.25, 0.3) is 0 Å². The molecule has 1 saturated heterocycles. The van der Waals surface area contributed by atoms with Gasteiger partial charge in [-0.05, 0) is 57.7 Å². The first-order valence-electron chi connectivity index (χ1n) is 7.50. The smallest absolute Gasteiger partial charge is 0.234 e. The van der Waals surface area contributed by atoms with E-state index in [1.165, 1.54) is 25.7 Å². The number of hydrogen-bond acceptors (Lipinski definition) is 3. The third kappa shape index (κ3) is 4.94. The van der Waals surface area contributed by atoms with E-state index in [0.717, 1.165) is 38.5 Å². The van der Waals surface area contributed by atoms with Gasteiger partial charge in [0.25, 0.3) is 0 Å². The fourth-order valence-electron chi connectivity index (χ4n) is 2.70. The van der Waals surface area contributed by atoms with Crippen molar-refractivity contribution in [1.29, 1.82) is 0 Å². The zero-order chi connectivity index (χ0) is 12.8. The van der Waals surface area contributed by atoms with Gasteiger partial charge in [-0.3, -0.25) is 9.69 Å². The van der Waals surface area contributed by atoms with Gasteiger partial charge in [0.1, 0.15) is 0 Å². The molecular weight excluding hydrogens is 226 g/mol. The molecule has 1 aliphatic carbocycles. The number of carbonyl (C=O) groups excluding carboxylic acids is 1. The number of carbonyl (C=O) groups is 1. The number of hydrogen-bond donors (Lipinski definition) is 2. The zero-order valence-corrected chi connectivity index (χ0v) is 11.6. The van der Waals surface area contributed by atoms with Gasteiger partial charge in [-0.1, -0.05) is 6.92 Å². The average Bonchev–Trinajstić information content (AvgIpc) is 3.14. The molecule has 0 aromatic rings. The maximum Gasteiger partial charge on any atom is 0.234 e. The summed E-state index contributed by atoms with van der Waals surface area (Å²) in [5.41, 5.74) is 0. The molecule has 1 aliphatic heterocycles. The largest absolute Gasteiger partial charge is 0.352 e. The molecule has 4 heteroatoms. The van der Waals surface area contributed by atoms with Crippen LogP contribution in [0.5, 0.6) is 0 Å². The zero-order valence-electron chi connectivity index (χ0n) is 11.6. The van der Waals surface area contributed by atoms with Crippen molar-refractivity contribution in [2.24, 2.45) is 5.92 Å². The second-order valence-corrected chi connectivity index (χ2v) is 5.79. The molecule has 2 aliphatic rings. The summed E-state index contributed by atoms with van der Waals surface area (Å²) in [6.07, 6.45) is 6.05. The van der Waals surface area contributed by atoms with Crippen LogP contribution >= 0.6 is 0 Å². The Balaban J connectivity index is 1.72. The van der Waals surface area contributed by atoms with Crippen LogP contribution < -0.4 is 10.6 Å². The predicted molar refractivity (Wildman–Crippen MR) is 73.5 cm³/mol. The first kappa shape index (κ1) is 13.8. The van der Waals surface area contributed by atoms with E-state index in [9.17, 15) is 4.79 Å². The summed E-state index contributed by atoms with van der Waals surface area (Å²) in [6.45, 7) is 7.15. The van der Waals surface area contributed by atoms with E-state index >= 15 is 0 Å². The van der Waals surface area contributed by atoms with E-state index in [4.69, 9.17) is 0 Å². The summed E-state index contributed by atoms with van der Waals surface area (Å²) in [4.78, 5) is 14.2. The van der Waals surface area contributed by atoms with Crippen molar-refractivity contribution in [3.8, 4) is 0 Å². The number of nitrogens with one attached hydrogen (secondary N) is 2. The van der Waals surface area contributed by atoms with Gasteiger partial charge in [-0.25, -0.2) is 0 Å². The van der Waals surface area contributed by atoms with E-state index in [-0.39, 0.29) is 5.91 Å². The van der Waals surface area contributed by atoms with Gasteiger partial charge in [-0.2, -0.15) is 0 Å². The molecule has 18 heavy (non-hydrogen) atoms. The quantitative estimate of drug-likeness (QED) is 0.711. The molecule has 1 saturated carbocycles. The molecule has 4 nitrogen and oxygen atoms in total. The van der Waals surface area contributed by atoms with Gasteiger partial charge in [0.05, 0.1) is 6.54 Å². The minimum Gasteiger partial charge on any atom is -0.352 e. The Morgan fingerprint density at radius 2 is 2.22 bits per heavy atom. The lowest BCUT2D eigenvalue weighted by atomic mass is 9.99. The predicted octanol–water partition coefficient (Wildman–Crippen LogP) is 0.977. The third-order valence-corrected chi connectivity index (χ3v) is 3.76. The molecule has 0 aromatic carbocycles. The van der Waals surface area contributed by atoms with E-state index in [2.05, 4.69) is 22.5 Å². The highest BCUT2D eigenvalue weighted by atomic mass is 16.2. The fraction of sp³-hybridized carbons (Fsp3) is 0.929. The minimum atomic E-state index is 0.217. The number of nitrogens with zero attached hydrogens (tertiary/aromatic N) is 1. The monoisotopic (exact) mass is 253 g/mol. The summed E-state index contributed by atoms with van der Waals surface area (Å²) >= 11 is 0. The fourth-order valence-corrected chi connectivity index (χ4v) is 2.70. The molecule has 1 atom stereocenters. The highest BCUT2D eigenvalue weighted by Gasteiger charge is 2.24. The lowest BCUT2D eigenvalue weighted by Gasteiger charge is -2.29. The maximum absolute atomic E-state index is 11.9. The van der Waals surface area contributed by atoms with Gasteiger partial charge in [0.2, 0.25) is 5.91 Å². The summed E-state index contributed by atoms with van der Waals surface area (Å²) < 4.78 is 0. The molecule has 2 fully saturated rings. The third-order valence-electron chi connectivity index (χ3n) is 3.76. The van der Waals surface area contributed by atoms with Gasteiger partial charge in [-0.15, -0.1) is 0 Å². The molecule has 0 bridgehead atoms. The molecule has 2 N–H and O–H groups in total. The van der Waals surface area contributed by atoms with Crippen molar-refractivity contribution in [3.05, 3.63) is 0 Å². The Labute approximate surface area is 110 Å². The van der Waals surface area contributed by atoms with Crippen LogP contribution in [0, 0.1) is 5.92 Å². The second kappa shape index (κ2) is 7.10.